The van der Waals surface area contributed by atoms with Crippen molar-refractivity contribution in [2.75, 3.05) is 5.73 Å². The molecule has 19 heavy (non-hydrogen) atoms. The Hall–Kier alpha value is -1.86. The van der Waals surface area contributed by atoms with E-state index in [1.165, 1.54) is 11.3 Å². The molecular weight excluding hydrogens is 286 g/mol. The lowest BCUT2D eigenvalue weighted by Crippen LogP contribution is -1.98. The smallest absolute Gasteiger partial charge is 0.199 e. The molecule has 0 radical (unpaired) electrons. The number of nitrogens with zero attached hydrogens (tertiary/aromatic N) is 4. The molecule has 0 aliphatic heterocycles. The van der Waals surface area contributed by atoms with Crippen molar-refractivity contribution in [2.45, 2.75) is 13.5 Å². The van der Waals surface area contributed by atoms with Gasteiger partial charge in [-0.1, -0.05) is 11.6 Å². The second kappa shape index (κ2) is 4.67. The topological polar surface area (TPSA) is 82.8 Å². The van der Waals surface area contributed by atoms with Crippen molar-refractivity contribution in [3.8, 4) is 22.1 Å². The number of hydrogen-bond donors (Lipinski definition) is 1. The van der Waals surface area contributed by atoms with Crippen LogP contribution in [0, 0.1) is 0 Å². The number of anilines is 1. The first-order chi connectivity index (χ1) is 9.19. The fraction of sp³-hybridized carbons (Fsp3) is 0.182. The Labute approximate surface area is 117 Å². The maximum absolute atomic E-state index is 5.94. The van der Waals surface area contributed by atoms with Crippen molar-refractivity contribution in [1.82, 2.24) is 19.9 Å². The second-order valence-electron chi connectivity index (χ2n) is 3.84. The molecule has 2 N–H and O–H groups in total. The number of nitrogens with two attached hydrogens (primary N) is 1. The van der Waals surface area contributed by atoms with E-state index in [1.807, 2.05) is 29.8 Å². The quantitative estimate of drug-likeness (QED) is 0.803. The van der Waals surface area contributed by atoms with Gasteiger partial charge in [0.2, 0.25) is 0 Å². The normalized spacial score (nSPS) is 11.1. The van der Waals surface area contributed by atoms with Crippen molar-refractivity contribution >= 4 is 28.8 Å². The van der Waals surface area contributed by atoms with Gasteiger partial charge < -0.3 is 10.3 Å². The van der Waals surface area contributed by atoms with Crippen LogP contribution in [0.25, 0.3) is 22.1 Å². The molecule has 3 aromatic heterocycles. The van der Waals surface area contributed by atoms with Gasteiger partial charge in [-0.3, -0.25) is 0 Å². The molecule has 8 heteroatoms. The molecular formula is C11H10ClN5OS. The summed E-state index contributed by atoms with van der Waals surface area (Å²) in [7, 11) is 0. The molecule has 0 aromatic carbocycles. The van der Waals surface area contributed by atoms with Crippen LogP contribution < -0.4 is 5.73 Å². The number of aryl methyl sites for hydroxylation is 1. The zero-order valence-corrected chi connectivity index (χ0v) is 11.6. The molecule has 0 atom stereocenters. The summed E-state index contributed by atoms with van der Waals surface area (Å²) in [4.78, 5) is 5.53. The summed E-state index contributed by atoms with van der Waals surface area (Å²) in [5.74, 6) is 0.872. The molecule has 0 fully saturated rings. The summed E-state index contributed by atoms with van der Waals surface area (Å²) in [5, 5.41) is 7.36. The molecule has 98 valence electrons. The number of aromatic nitrogens is 4. The maximum atomic E-state index is 5.94. The predicted molar refractivity (Wildman–Crippen MR) is 73.9 cm³/mol. The highest BCUT2D eigenvalue weighted by atomic mass is 35.5. The van der Waals surface area contributed by atoms with Crippen molar-refractivity contribution < 1.29 is 4.63 Å². The monoisotopic (exact) mass is 295 g/mol. The second-order valence-corrected chi connectivity index (χ2v) is 5.55. The first-order valence-corrected chi connectivity index (χ1v) is 6.79. The first kappa shape index (κ1) is 12.2. The molecule has 0 saturated heterocycles. The van der Waals surface area contributed by atoms with Crippen LogP contribution >= 0.6 is 22.9 Å². The molecule has 3 aromatic rings. The van der Waals surface area contributed by atoms with Crippen molar-refractivity contribution in [2.24, 2.45) is 0 Å². The Balaban J connectivity index is 2.11. The highest BCUT2D eigenvalue weighted by molar-refractivity contribution is 7.19. The predicted octanol–water partition coefficient (Wildman–Crippen LogP) is 2.92. The summed E-state index contributed by atoms with van der Waals surface area (Å²) >= 11 is 7.42. The lowest BCUT2D eigenvalue weighted by atomic mass is 10.4. The molecule has 0 spiro atoms. The van der Waals surface area contributed by atoms with Crippen LogP contribution in [-0.2, 0) is 6.54 Å². The van der Waals surface area contributed by atoms with Gasteiger partial charge in [0.25, 0.3) is 0 Å². The van der Waals surface area contributed by atoms with E-state index in [1.54, 1.807) is 0 Å². The van der Waals surface area contributed by atoms with Gasteiger partial charge in [0.15, 0.2) is 17.3 Å². The minimum absolute atomic E-state index is 0.232. The Morgan fingerprint density at radius 1 is 1.42 bits per heavy atom. The summed E-state index contributed by atoms with van der Waals surface area (Å²) < 4.78 is 7.29. The minimum Gasteiger partial charge on any atom is -0.379 e. The van der Waals surface area contributed by atoms with Gasteiger partial charge in [0.05, 0.1) is 14.9 Å². The van der Waals surface area contributed by atoms with E-state index in [9.17, 15) is 0 Å². The fourth-order valence-corrected chi connectivity index (χ4v) is 2.76. The van der Waals surface area contributed by atoms with Gasteiger partial charge in [0, 0.05) is 12.7 Å². The average Bonchev–Trinajstić information content (AvgIpc) is 3.07. The van der Waals surface area contributed by atoms with Crippen LogP contribution in [0.1, 0.15) is 6.92 Å². The van der Waals surface area contributed by atoms with E-state index >= 15 is 0 Å². The number of halogens is 1. The summed E-state index contributed by atoms with van der Waals surface area (Å²) in [6.45, 7) is 2.76. The molecule has 3 rings (SSSR count). The lowest BCUT2D eigenvalue weighted by Gasteiger charge is -1.99. The molecule has 0 amide bonds. The highest BCUT2D eigenvalue weighted by Crippen LogP contribution is 2.32. The number of hydrogen-bond acceptors (Lipinski definition) is 6. The standard InChI is InChI=1S/C11H10ClN5OS/c1-2-17-5-6(7-3-4-8(12)19-7)14-11(17)9-10(13)16-18-15-9/h3-5H,2H2,1H3,(H2,13,16). The van der Waals surface area contributed by atoms with Gasteiger partial charge in [0.1, 0.15) is 0 Å². The number of rotatable bonds is 3. The van der Waals surface area contributed by atoms with Crippen molar-refractivity contribution in [1.29, 1.82) is 0 Å². The van der Waals surface area contributed by atoms with Crippen LogP contribution in [0.4, 0.5) is 5.82 Å². The largest absolute Gasteiger partial charge is 0.379 e. The molecule has 0 aliphatic carbocycles. The third-order valence-electron chi connectivity index (χ3n) is 2.67. The van der Waals surface area contributed by atoms with Crippen molar-refractivity contribution in [3.05, 3.63) is 22.7 Å². The van der Waals surface area contributed by atoms with E-state index in [2.05, 4.69) is 19.9 Å². The third-order valence-corrected chi connectivity index (χ3v) is 3.92. The Kier molecular flexibility index (Phi) is 3.00. The third kappa shape index (κ3) is 2.11. The Morgan fingerprint density at radius 2 is 2.26 bits per heavy atom. The van der Waals surface area contributed by atoms with Crippen LogP contribution in [0.2, 0.25) is 4.34 Å². The van der Waals surface area contributed by atoms with Gasteiger partial charge >= 0.3 is 0 Å². The Morgan fingerprint density at radius 3 is 2.84 bits per heavy atom. The van der Waals surface area contributed by atoms with E-state index in [-0.39, 0.29) is 5.82 Å². The average molecular weight is 296 g/mol. The molecule has 0 saturated carbocycles. The van der Waals surface area contributed by atoms with Crippen LogP contribution in [-0.4, -0.2) is 19.9 Å². The van der Waals surface area contributed by atoms with E-state index < -0.39 is 0 Å². The minimum atomic E-state index is 0.232. The molecule has 3 heterocycles. The van der Waals surface area contributed by atoms with Crippen LogP contribution in [0.15, 0.2) is 23.0 Å². The number of thiophene rings is 1. The SMILES string of the molecule is CCn1cc(-c2ccc(Cl)s2)nc1-c1nonc1N. The van der Waals surface area contributed by atoms with E-state index in [0.717, 1.165) is 21.5 Å². The van der Waals surface area contributed by atoms with Crippen LogP contribution in [0.5, 0.6) is 0 Å². The summed E-state index contributed by atoms with van der Waals surface area (Å²) in [6, 6.07) is 3.78. The molecule has 0 bridgehead atoms. The Bertz CT molecular complexity index is 716. The first-order valence-electron chi connectivity index (χ1n) is 5.60. The maximum Gasteiger partial charge on any atom is 0.199 e. The number of nitrogen functional groups attached to an aromatic ring is 1. The van der Waals surface area contributed by atoms with Crippen LogP contribution in [0.3, 0.4) is 0 Å². The fourth-order valence-electron chi connectivity index (χ4n) is 1.77. The zero-order chi connectivity index (χ0) is 13.4. The lowest BCUT2D eigenvalue weighted by molar-refractivity contribution is 0.310. The summed E-state index contributed by atoms with van der Waals surface area (Å²) in [6.07, 6.45) is 1.94. The zero-order valence-electron chi connectivity index (χ0n) is 10.00. The van der Waals surface area contributed by atoms with Crippen molar-refractivity contribution in [3.63, 3.8) is 0 Å². The molecule has 0 unspecified atom stereocenters. The molecule has 6 nitrogen and oxygen atoms in total. The van der Waals surface area contributed by atoms with Gasteiger partial charge in [-0.2, -0.15) is 0 Å². The van der Waals surface area contributed by atoms with Gasteiger partial charge in [-0.15, -0.1) is 11.3 Å². The molecule has 0 aliphatic rings. The van der Waals surface area contributed by atoms with Gasteiger partial charge in [-0.25, -0.2) is 9.61 Å². The van der Waals surface area contributed by atoms with Gasteiger partial charge in [-0.05, 0) is 29.4 Å². The summed E-state index contributed by atoms with van der Waals surface area (Å²) in [5.41, 5.74) is 6.99. The van der Waals surface area contributed by atoms with E-state index in [0.29, 0.717) is 11.5 Å². The highest BCUT2D eigenvalue weighted by Gasteiger charge is 2.18. The number of imidazole rings is 1. The van der Waals surface area contributed by atoms with E-state index in [4.69, 9.17) is 17.3 Å².